The highest BCUT2D eigenvalue weighted by Crippen LogP contribution is 2.10. The third-order valence-corrected chi connectivity index (χ3v) is 2.42. The summed E-state index contributed by atoms with van der Waals surface area (Å²) in [5, 5.41) is 3.52. The van der Waals surface area contributed by atoms with Gasteiger partial charge in [0.25, 0.3) is 5.91 Å². The van der Waals surface area contributed by atoms with Crippen LogP contribution in [-0.2, 0) is 0 Å². The molecule has 1 rings (SSSR count). The van der Waals surface area contributed by atoms with Gasteiger partial charge < -0.3 is 5.32 Å². The molecular formula is C12H16ClNO. The van der Waals surface area contributed by atoms with E-state index in [2.05, 4.69) is 12.2 Å². The Morgan fingerprint density at radius 1 is 1.53 bits per heavy atom. The second-order valence-corrected chi connectivity index (χ2v) is 4.11. The molecule has 0 aliphatic heterocycles. The Labute approximate surface area is 95.6 Å². The van der Waals surface area contributed by atoms with Crippen LogP contribution in [0.4, 0.5) is 0 Å². The molecule has 1 unspecified atom stereocenters. The fraction of sp³-hybridized carbons (Fsp3) is 0.417. The van der Waals surface area contributed by atoms with Gasteiger partial charge in [0.05, 0.1) is 0 Å². The smallest absolute Gasteiger partial charge is 0.251 e. The molecule has 0 heterocycles. The van der Waals surface area contributed by atoms with Crippen LogP contribution in [0, 0.1) is 0 Å². The second-order valence-electron chi connectivity index (χ2n) is 3.67. The summed E-state index contributed by atoms with van der Waals surface area (Å²) in [6, 6.07) is 7.19. The standard InChI is InChI=1S/C12H16ClNO/c1-3-5-9(2)14-12(15)10-6-4-7-11(13)8-10/h4,6-9H,3,5H2,1-2H3,(H,14,15). The number of rotatable bonds is 4. The summed E-state index contributed by atoms with van der Waals surface area (Å²) in [7, 11) is 0. The maximum Gasteiger partial charge on any atom is 0.251 e. The molecule has 3 heteroatoms. The van der Waals surface area contributed by atoms with Crippen molar-refractivity contribution in [3.8, 4) is 0 Å². The Balaban J connectivity index is 2.61. The molecule has 0 fully saturated rings. The van der Waals surface area contributed by atoms with Crippen molar-refractivity contribution in [3.63, 3.8) is 0 Å². The minimum absolute atomic E-state index is 0.0570. The van der Waals surface area contributed by atoms with Crippen molar-refractivity contribution in [1.82, 2.24) is 5.32 Å². The van der Waals surface area contributed by atoms with Crippen molar-refractivity contribution >= 4 is 17.5 Å². The second kappa shape index (κ2) is 5.76. The molecule has 15 heavy (non-hydrogen) atoms. The highest BCUT2D eigenvalue weighted by molar-refractivity contribution is 6.30. The minimum Gasteiger partial charge on any atom is -0.350 e. The number of amides is 1. The van der Waals surface area contributed by atoms with Crippen LogP contribution in [0.5, 0.6) is 0 Å². The van der Waals surface area contributed by atoms with E-state index in [1.54, 1.807) is 24.3 Å². The van der Waals surface area contributed by atoms with Crippen molar-refractivity contribution < 1.29 is 4.79 Å². The molecule has 0 bridgehead atoms. The van der Waals surface area contributed by atoms with Gasteiger partial charge in [-0.3, -0.25) is 4.79 Å². The van der Waals surface area contributed by atoms with Gasteiger partial charge in [-0.05, 0) is 31.5 Å². The van der Waals surface area contributed by atoms with Gasteiger partial charge in [0.1, 0.15) is 0 Å². The van der Waals surface area contributed by atoms with E-state index in [9.17, 15) is 4.79 Å². The fourth-order valence-electron chi connectivity index (χ4n) is 1.44. The SMILES string of the molecule is CCCC(C)NC(=O)c1cccc(Cl)c1. The van der Waals surface area contributed by atoms with Crippen LogP contribution < -0.4 is 5.32 Å². The normalized spacial score (nSPS) is 12.2. The minimum atomic E-state index is -0.0570. The molecule has 0 aliphatic rings. The molecule has 1 aromatic rings. The molecule has 0 saturated carbocycles. The molecule has 0 saturated heterocycles. The molecule has 1 aromatic carbocycles. The van der Waals surface area contributed by atoms with Crippen molar-refractivity contribution in [2.24, 2.45) is 0 Å². The first-order valence-electron chi connectivity index (χ1n) is 5.20. The number of carbonyl (C=O) groups is 1. The summed E-state index contributed by atoms with van der Waals surface area (Å²) in [4.78, 5) is 11.7. The zero-order chi connectivity index (χ0) is 11.3. The summed E-state index contributed by atoms with van der Waals surface area (Å²) in [6.07, 6.45) is 2.06. The summed E-state index contributed by atoms with van der Waals surface area (Å²) < 4.78 is 0. The van der Waals surface area contributed by atoms with Gasteiger partial charge in [0.2, 0.25) is 0 Å². The van der Waals surface area contributed by atoms with Gasteiger partial charge in [0.15, 0.2) is 0 Å². The molecule has 1 N–H and O–H groups in total. The number of hydrogen-bond acceptors (Lipinski definition) is 1. The van der Waals surface area contributed by atoms with Crippen LogP contribution in [0.3, 0.4) is 0 Å². The first kappa shape index (κ1) is 12.1. The maximum absolute atomic E-state index is 11.7. The zero-order valence-corrected chi connectivity index (χ0v) is 9.84. The van der Waals surface area contributed by atoms with Crippen LogP contribution in [0.2, 0.25) is 5.02 Å². The lowest BCUT2D eigenvalue weighted by molar-refractivity contribution is 0.0938. The third-order valence-electron chi connectivity index (χ3n) is 2.19. The van der Waals surface area contributed by atoms with E-state index in [1.165, 1.54) is 0 Å². The molecule has 1 amide bonds. The van der Waals surface area contributed by atoms with Crippen LogP contribution in [0.15, 0.2) is 24.3 Å². The highest BCUT2D eigenvalue weighted by Gasteiger charge is 2.08. The average molecular weight is 226 g/mol. The van der Waals surface area contributed by atoms with Crippen molar-refractivity contribution in [1.29, 1.82) is 0 Å². The predicted octanol–water partition coefficient (Wildman–Crippen LogP) is 3.26. The van der Waals surface area contributed by atoms with Gasteiger partial charge >= 0.3 is 0 Å². The van der Waals surface area contributed by atoms with Gasteiger partial charge in [0, 0.05) is 16.6 Å². The third kappa shape index (κ3) is 3.92. The van der Waals surface area contributed by atoms with Gasteiger partial charge in [-0.15, -0.1) is 0 Å². The number of carbonyl (C=O) groups excluding carboxylic acids is 1. The highest BCUT2D eigenvalue weighted by atomic mass is 35.5. The van der Waals surface area contributed by atoms with Crippen molar-refractivity contribution in [2.45, 2.75) is 32.7 Å². The number of benzene rings is 1. The Morgan fingerprint density at radius 2 is 2.27 bits per heavy atom. The zero-order valence-electron chi connectivity index (χ0n) is 9.09. The van der Waals surface area contributed by atoms with E-state index < -0.39 is 0 Å². The van der Waals surface area contributed by atoms with Crippen molar-refractivity contribution in [3.05, 3.63) is 34.9 Å². The van der Waals surface area contributed by atoms with Crippen molar-refractivity contribution in [2.75, 3.05) is 0 Å². The Hall–Kier alpha value is -1.02. The van der Waals surface area contributed by atoms with Crippen LogP contribution in [0.25, 0.3) is 0 Å². The summed E-state index contributed by atoms with van der Waals surface area (Å²) in [5.41, 5.74) is 0.616. The van der Waals surface area contributed by atoms with Crippen LogP contribution >= 0.6 is 11.6 Å². The first-order chi connectivity index (χ1) is 7.13. The predicted molar refractivity (Wildman–Crippen MR) is 63.3 cm³/mol. The van der Waals surface area contributed by atoms with E-state index in [1.807, 2.05) is 6.92 Å². The van der Waals surface area contributed by atoms with E-state index in [-0.39, 0.29) is 11.9 Å². The number of nitrogens with one attached hydrogen (secondary N) is 1. The average Bonchev–Trinajstić information content (AvgIpc) is 2.18. The largest absolute Gasteiger partial charge is 0.350 e. The van der Waals surface area contributed by atoms with E-state index in [0.717, 1.165) is 12.8 Å². The summed E-state index contributed by atoms with van der Waals surface area (Å²) in [5.74, 6) is -0.0570. The van der Waals surface area contributed by atoms with Crippen LogP contribution in [-0.4, -0.2) is 11.9 Å². The Kier molecular flexibility index (Phi) is 4.63. The topological polar surface area (TPSA) is 29.1 Å². The molecule has 0 spiro atoms. The van der Waals surface area contributed by atoms with E-state index in [0.29, 0.717) is 10.6 Å². The van der Waals surface area contributed by atoms with Gasteiger partial charge in [-0.25, -0.2) is 0 Å². The molecule has 0 radical (unpaired) electrons. The first-order valence-corrected chi connectivity index (χ1v) is 5.57. The van der Waals surface area contributed by atoms with Gasteiger partial charge in [-0.2, -0.15) is 0 Å². The van der Waals surface area contributed by atoms with E-state index in [4.69, 9.17) is 11.6 Å². The van der Waals surface area contributed by atoms with Gasteiger partial charge in [-0.1, -0.05) is 31.0 Å². The lowest BCUT2D eigenvalue weighted by atomic mass is 10.1. The lowest BCUT2D eigenvalue weighted by Gasteiger charge is -2.12. The lowest BCUT2D eigenvalue weighted by Crippen LogP contribution is -2.32. The Morgan fingerprint density at radius 3 is 2.87 bits per heavy atom. The molecule has 0 aliphatic carbocycles. The van der Waals surface area contributed by atoms with Crippen LogP contribution in [0.1, 0.15) is 37.0 Å². The van der Waals surface area contributed by atoms with E-state index >= 15 is 0 Å². The molecule has 1 atom stereocenters. The molecule has 2 nitrogen and oxygen atoms in total. The molecule has 0 aromatic heterocycles. The fourth-order valence-corrected chi connectivity index (χ4v) is 1.63. The summed E-state index contributed by atoms with van der Waals surface area (Å²) in [6.45, 7) is 4.11. The maximum atomic E-state index is 11.7. The molecule has 82 valence electrons. The number of hydrogen-bond donors (Lipinski definition) is 1. The number of halogens is 1. The molecular weight excluding hydrogens is 210 g/mol. The monoisotopic (exact) mass is 225 g/mol. The summed E-state index contributed by atoms with van der Waals surface area (Å²) >= 11 is 5.81. The Bertz CT molecular complexity index is 338. The quantitative estimate of drug-likeness (QED) is 0.838.